The number of fused-ring (bicyclic) bond motifs is 1. The highest BCUT2D eigenvalue weighted by Crippen LogP contribution is 2.19. The quantitative estimate of drug-likeness (QED) is 0.695. The molecule has 104 valence electrons. The number of anilines is 2. The summed E-state index contributed by atoms with van der Waals surface area (Å²) < 4.78 is 0. The second-order valence-corrected chi connectivity index (χ2v) is 4.38. The highest BCUT2D eigenvalue weighted by Gasteiger charge is 2.08. The topological polar surface area (TPSA) is 81.8 Å². The summed E-state index contributed by atoms with van der Waals surface area (Å²) in [6.45, 7) is 7.79. The summed E-state index contributed by atoms with van der Waals surface area (Å²) in [7, 11) is 2.10. The molecular formula is C12H21N7. The molecule has 0 amide bonds. The molecule has 0 aliphatic rings. The van der Waals surface area contributed by atoms with E-state index in [-0.39, 0.29) is 0 Å². The third-order valence-electron chi connectivity index (χ3n) is 2.97. The molecule has 0 spiro atoms. The van der Waals surface area contributed by atoms with Gasteiger partial charge in [-0.15, -0.1) is 0 Å². The molecule has 3 N–H and O–H groups in total. The highest BCUT2D eigenvalue weighted by molar-refractivity contribution is 5.86. The largest absolute Gasteiger partial charge is 0.368 e. The van der Waals surface area contributed by atoms with Gasteiger partial charge in [0.1, 0.15) is 5.82 Å². The van der Waals surface area contributed by atoms with Crippen LogP contribution in [0.4, 0.5) is 11.8 Å². The molecule has 2 heterocycles. The van der Waals surface area contributed by atoms with Crippen molar-refractivity contribution < 1.29 is 0 Å². The molecule has 7 nitrogen and oxygen atoms in total. The van der Waals surface area contributed by atoms with Crippen molar-refractivity contribution in [3.63, 3.8) is 0 Å². The van der Waals surface area contributed by atoms with E-state index in [1.807, 2.05) is 6.92 Å². The van der Waals surface area contributed by atoms with E-state index in [0.717, 1.165) is 43.0 Å². The van der Waals surface area contributed by atoms with Crippen molar-refractivity contribution >= 4 is 22.8 Å². The number of likely N-dealkylation sites (N-methyl/N-ethyl adjacent to an activating group) is 1. The van der Waals surface area contributed by atoms with Crippen molar-refractivity contribution in [2.24, 2.45) is 0 Å². The maximum Gasteiger partial charge on any atom is 0.226 e. The molecule has 0 atom stereocenters. The van der Waals surface area contributed by atoms with Gasteiger partial charge in [0.15, 0.2) is 5.65 Å². The van der Waals surface area contributed by atoms with Crippen LogP contribution in [-0.4, -0.2) is 58.3 Å². The summed E-state index contributed by atoms with van der Waals surface area (Å²) in [5.74, 6) is 1.43. The Morgan fingerprint density at radius 3 is 2.84 bits per heavy atom. The Hall–Kier alpha value is -1.89. The van der Waals surface area contributed by atoms with Crippen LogP contribution < -0.4 is 10.6 Å². The minimum Gasteiger partial charge on any atom is -0.368 e. The van der Waals surface area contributed by atoms with Crippen molar-refractivity contribution in [3.8, 4) is 0 Å². The highest BCUT2D eigenvalue weighted by atomic mass is 15.2. The minimum atomic E-state index is 0.616. The molecule has 19 heavy (non-hydrogen) atoms. The van der Waals surface area contributed by atoms with Gasteiger partial charge in [0.2, 0.25) is 5.95 Å². The van der Waals surface area contributed by atoms with Gasteiger partial charge in [0.05, 0.1) is 11.6 Å². The Morgan fingerprint density at radius 2 is 2.11 bits per heavy atom. The average molecular weight is 263 g/mol. The van der Waals surface area contributed by atoms with Crippen molar-refractivity contribution in [2.75, 3.05) is 43.9 Å². The van der Waals surface area contributed by atoms with Gasteiger partial charge in [-0.1, -0.05) is 6.92 Å². The zero-order valence-electron chi connectivity index (χ0n) is 11.7. The van der Waals surface area contributed by atoms with E-state index < -0.39 is 0 Å². The van der Waals surface area contributed by atoms with Crippen LogP contribution in [0.3, 0.4) is 0 Å². The summed E-state index contributed by atoms with van der Waals surface area (Å²) in [4.78, 5) is 11.1. The van der Waals surface area contributed by atoms with Gasteiger partial charge in [0, 0.05) is 19.6 Å². The molecule has 7 heteroatoms. The Labute approximate surface area is 112 Å². The molecule has 0 aromatic carbocycles. The van der Waals surface area contributed by atoms with E-state index in [2.05, 4.69) is 49.7 Å². The van der Waals surface area contributed by atoms with Crippen LogP contribution in [0.15, 0.2) is 6.20 Å². The number of hydrogen-bond acceptors (Lipinski definition) is 6. The Balaban J connectivity index is 2.13. The first-order valence-electron chi connectivity index (χ1n) is 6.62. The van der Waals surface area contributed by atoms with Crippen molar-refractivity contribution in [3.05, 3.63) is 6.20 Å². The fraction of sp³-hybridized carbons (Fsp3) is 0.583. The van der Waals surface area contributed by atoms with E-state index in [9.17, 15) is 0 Å². The zero-order valence-corrected chi connectivity index (χ0v) is 11.7. The first-order chi connectivity index (χ1) is 9.24. The molecule has 0 aliphatic carbocycles. The zero-order chi connectivity index (χ0) is 13.7. The van der Waals surface area contributed by atoms with Crippen LogP contribution in [0.5, 0.6) is 0 Å². The van der Waals surface area contributed by atoms with Gasteiger partial charge in [-0.25, -0.2) is 0 Å². The summed E-state index contributed by atoms with van der Waals surface area (Å²) in [5, 5.41) is 14.3. The average Bonchev–Trinajstić information content (AvgIpc) is 2.87. The fourth-order valence-corrected chi connectivity index (χ4v) is 1.73. The number of nitrogens with zero attached hydrogens (tertiary/aromatic N) is 4. The van der Waals surface area contributed by atoms with Crippen molar-refractivity contribution in [2.45, 2.75) is 13.8 Å². The third kappa shape index (κ3) is 3.31. The Morgan fingerprint density at radius 1 is 1.26 bits per heavy atom. The standard InChI is InChI=1S/C12H21N7/c1-4-13-12-16-10(14-6-7-19(3)5-2)9-8-15-18-11(9)17-12/h8H,4-7H2,1-3H3,(H3,13,14,15,16,17,18). The fourth-order valence-electron chi connectivity index (χ4n) is 1.73. The second kappa shape index (κ2) is 6.33. The molecule has 0 aliphatic heterocycles. The first kappa shape index (κ1) is 13.5. The lowest BCUT2D eigenvalue weighted by molar-refractivity contribution is 0.367. The summed E-state index contributed by atoms with van der Waals surface area (Å²) in [5.41, 5.74) is 0.747. The van der Waals surface area contributed by atoms with Crippen molar-refractivity contribution in [1.82, 2.24) is 25.1 Å². The van der Waals surface area contributed by atoms with Crippen LogP contribution in [-0.2, 0) is 0 Å². The van der Waals surface area contributed by atoms with E-state index in [1.165, 1.54) is 0 Å². The van der Waals surface area contributed by atoms with Crippen LogP contribution in [0.1, 0.15) is 13.8 Å². The smallest absolute Gasteiger partial charge is 0.226 e. The number of hydrogen-bond donors (Lipinski definition) is 3. The minimum absolute atomic E-state index is 0.616. The van der Waals surface area contributed by atoms with Crippen molar-refractivity contribution in [1.29, 1.82) is 0 Å². The molecule has 0 fully saturated rings. The monoisotopic (exact) mass is 263 g/mol. The first-order valence-corrected chi connectivity index (χ1v) is 6.62. The van der Waals surface area contributed by atoms with E-state index in [0.29, 0.717) is 5.95 Å². The maximum absolute atomic E-state index is 4.47. The predicted octanol–water partition coefficient (Wildman–Crippen LogP) is 1.15. The molecule has 0 saturated heterocycles. The SMILES string of the molecule is CCNc1nc(NCCN(C)CC)c2cn[nH]c2n1. The molecule has 0 saturated carbocycles. The summed E-state index contributed by atoms with van der Waals surface area (Å²) in [6.07, 6.45) is 1.75. The lowest BCUT2D eigenvalue weighted by atomic mass is 10.4. The lowest BCUT2D eigenvalue weighted by Crippen LogP contribution is -2.25. The number of rotatable bonds is 7. The molecule has 2 aromatic rings. The Kier molecular flexibility index (Phi) is 4.51. The second-order valence-electron chi connectivity index (χ2n) is 4.38. The van der Waals surface area contributed by atoms with Gasteiger partial charge in [0.25, 0.3) is 0 Å². The predicted molar refractivity (Wildman–Crippen MR) is 77.5 cm³/mol. The van der Waals surface area contributed by atoms with Crippen LogP contribution in [0.2, 0.25) is 0 Å². The lowest BCUT2D eigenvalue weighted by Gasteiger charge is -2.14. The third-order valence-corrected chi connectivity index (χ3v) is 2.97. The Bertz CT molecular complexity index is 522. The van der Waals surface area contributed by atoms with Gasteiger partial charge >= 0.3 is 0 Å². The molecule has 0 unspecified atom stereocenters. The summed E-state index contributed by atoms with van der Waals surface area (Å²) in [6, 6.07) is 0. The van der Waals surface area contributed by atoms with Gasteiger partial charge in [-0.3, -0.25) is 5.10 Å². The maximum atomic E-state index is 4.47. The molecule has 0 radical (unpaired) electrons. The molecule has 2 rings (SSSR count). The van der Waals surface area contributed by atoms with Crippen LogP contribution in [0, 0.1) is 0 Å². The number of aromatic amines is 1. The molecule has 0 bridgehead atoms. The summed E-state index contributed by atoms with van der Waals surface area (Å²) >= 11 is 0. The van der Waals surface area contributed by atoms with E-state index >= 15 is 0 Å². The normalized spacial score (nSPS) is 11.2. The van der Waals surface area contributed by atoms with Gasteiger partial charge in [-0.2, -0.15) is 15.1 Å². The molecule has 2 aromatic heterocycles. The molecular weight excluding hydrogens is 242 g/mol. The number of nitrogens with one attached hydrogen (secondary N) is 3. The van der Waals surface area contributed by atoms with Crippen LogP contribution in [0.25, 0.3) is 11.0 Å². The van der Waals surface area contributed by atoms with Gasteiger partial charge < -0.3 is 15.5 Å². The van der Waals surface area contributed by atoms with Crippen LogP contribution >= 0.6 is 0 Å². The van der Waals surface area contributed by atoms with Gasteiger partial charge in [-0.05, 0) is 20.5 Å². The van der Waals surface area contributed by atoms with E-state index in [1.54, 1.807) is 6.20 Å². The van der Waals surface area contributed by atoms with E-state index in [4.69, 9.17) is 0 Å². The number of aromatic nitrogens is 4. The number of H-pyrrole nitrogens is 1.